The second kappa shape index (κ2) is 7.70. The summed E-state index contributed by atoms with van der Waals surface area (Å²) in [5.41, 5.74) is 7.84. The van der Waals surface area contributed by atoms with Crippen LogP contribution in [0.4, 0.5) is 0 Å². The Morgan fingerprint density at radius 2 is 1.92 bits per heavy atom. The molecule has 1 fully saturated rings. The predicted octanol–water partition coefficient (Wildman–Crippen LogP) is 1.27. The van der Waals surface area contributed by atoms with Gasteiger partial charge < -0.3 is 15.5 Å². The number of carbonyl (C=O) groups is 2. The van der Waals surface area contributed by atoms with Gasteiger partial charge in [-0.05, 0) is 39.1 Å². The summed E-state index contributed by atoms with van der Waals surface area (Å²) in [7, 11) is 4.01. The number of likely N-dealkylation sites (tertiary alicyclic amines) is 1. The molecule has 26 heavy (non-hydrogen) atoms. The van der Waals surface area contributed by atoms with Gasteiger partial charge in [0.25, 0.3) is 5.91 Å². The number of hydrogen-bond donors (Lipinski definition) is 1. The Balaban J connectivity index is 1.80. The summed E-state index contributed by atoms with van der Waals surface area (Å²) in [5.74, 6) is -0.440. The summed E-state index contributed by atoms with van der Waals surface area (Å²) < 4.78 is 1.75. The lowest BCUT2D eigenvalue weighted by molar-refractivity contribution is -0.123. The van der Waals surface area contributed by atoms with Crippen LogP contribution in [0.1, 0.15) is 28.8 Å². The second-order valence-corrected chi connectivity index (χ2v) is 7.02. The first-order chi connectivity index (χ1) is 12.5. The third-order valence-corrected chi connectivity index (χ3v) is 4.70. The van der Waals surface area contributed by atoms with Crippen LogP contribution in [-0.4, -0.2) is 58.6 Å². The van der Waals surface area contributed by atoms with Crippen molar-refractivity contribution < 1.29 is 9.59 Å². The summed E-state index contributed by atoms with van der Waals surface area (Å²) in [6.45, 7) is 1.88. The van der Waals surface area contributed by atoms with Crippen molar-refractivity contribution in [3.63, 3.8) is 0 Å². The number of carbonyl (C=O) groups excluding carboxylic acids is 2. The van der Waals surface area contributed by atoms with E-state index < -0.39 is 0 Å². The summed E-state index contributed by atoms with van der Waals surface area (Å²) in [6.07, 6.45) is 5.01. The highest BCUT2D eigenvalue weighted by molar-refractivity contribution is 5.98. The fourth-order valence-electron chi connectivity index (χ4n) is 3.33. The maximum absolute atomic E-state index is 13.0. The van der Waals surface area contributed by atoms with Crippen molar-refractivity contribution in [1.29, 1.82) is 0 Å². The number of primary amides is 1. The van der Waals surface area contributed by atoms with Gasteiger partial charge in [0.15, 0.2) is 0 Å². The molecule has 0 unspecified atom stereocenters. The molecular weight excluding hydrogens is 330 g/mol. The van der Waals surface area contributed by atoms with Gasteiger partial charge in [-0.2, -0.15) is 5.10 Å². The van der Waals surface area contributed by atoms with Crippen LogP contribution in [0.5, 0.6) is 0 Å². The van der Waals surface area contributed by atoms with Crippen molar-refractivity contribution in [2.45, 2.75) is 19.4 Å². The first-order valence-electron chi connectivity index (χ1n) is 8.82. The van der Waals surface area contributed by atoms with E-state index >= 15 is 0 Å². The summed E-state index contributed by atoms with van der Waals surface area (Å²) in [6, 6.07) is 7.48. The van der Waals surface area contributed by atoms with Gasteiger partial charge in [0.05, 0.1) is 17.4 Å². The van der Waals surface area contributed by atoms with Crippen LogP contribution < -0.4 is 5.73 Å². The molecule has 2 amide bonds. The summed E-state index contributed by atoms with van der Waals surface area (Å²) in [4.78, 5) is 28.2. The van der Waals surface area contributed by atoms with E-state index in [9.17, 15) is 9.59 Å². The minimum absolute atomic E-state index is 0.0341. The minimum atomic E-state index is -0.275. The van der Waals surface area contributed by atoms with E-state index in [1.807, 2.05) is 50.8 Å². The molecule has 2 heterocycles. The average molecular weight is 355 g/mol. The number of benzene rings is 1. The molecule has 138 valence electrons. The Labute approximate surface area is 153 Å². The maximum atomic E-state index is 13.0. The van der Waals surface area contributed by atoms with Crippen molar-refractivity contribution in [2.24, 2.45) is 11.7 Å². The molecular formula is C19H25N5O2. The Morgan fingerprint density at radius 3 is 2.58 bits per heavy atom. The third-order valence-electron chi connectivity index (χ3n) is 4.70. The Morgan fingerprint density at radius 1 is 1.23 bits per heavy atom. The van der Waals surface area contributed by atoms with Crippen LogP contribution in [0.3, 0.4) is 0 Å². The number of amides is 2. The highest BCUT2D eigenvalue weighted by Gasteiger charge is 2.27. The number of piperidine rings is 1. The van der Waals surface area contributed by atoms with Gasteiger partial charge >= 0.3 is 0 Å². The molecule has 0 atom stereocenters. The Bertz CT molecular complexity index is 791. The van der Waals surface area contributed by atoms with E-state index in [2.05, 4.69) is 10.00 Å². The molecule has 7 heteroatoms. The molecule has 0 aliphatic carbocycles. The number of aromatic nitrogens is 2. The van der Waals surface area contributed by atoms with Crippen LogP contribution in [0.2, 0.25) is 0 Å². The molecule has 1 aliphatic heterocycles. The van der Waals surface area contributed by atoms with E-state index in [-0.39, 0.29) is 17.7 Å². The zero-order chi connectivity index (χ0) is 18.7. The minimum Gasteiger partial charge on any atom is -0.369 e. The van der Waals surface area contributed by atoms with E-state index in [1.54, 1.807) is 9.58 Å². The van der Waals surface area contributed by atoms with Gasteiger partial charge in [0.1, 0.15) is 0 Å². The zero-order valence-corrected chi connectivity index (χ0v) is 15.3. The molecule has 0 bridgehead atoms. The Kier molecular flexibility index (Phi) is 5.37. The molecule has 7 nitrogen and oxygen atoms in total. The van der Waals surface area contributed by atoms with Crippen molar-refractivity contribution in [2.75, 3.05) is 27.2 Å². The fourth-order valence-corrected chi connectivity index (χ4v) is 3.33. The van der Waals surface area contributed by atoms with Gasteiger partial charge in [-0.15, -0.1) is 0 Å². The molecule has 0 spiro atoms. The molecule has 0 radical (unpaired) electrons. The van der Waals surface area contributed by atoms with Crippen molar-refractivity contribution in [1.82, 2.24) is 19.6 Å². The van der Waals surface area contributed by atoms with Crippen molar-refractivity contribution >= 4 is 11.8 Å². The molecule has 1 aliphatic rings. The van der Waals surface area contributed by atoms with E-state index in [4.69, 9.17) is 5.73 Å². The molecule has 3 rings (SSSR count). The van der Waals surface area contributed by atoms with Crippen LogP contribution >= 0.6 is 0 Å². The van der Waals surface area contributed by atoms with Gasteiger partial charge in [-0.25, -0.2) is 4.68 Å². The van der Waals surface area contributed by atoms with E-state index in [1.165, 1.54) is 0 Å². The smallest absolute Gasteiger partial charge is 0.256 e. The highest BCUT2D eigenvalue weighted by atomic mass is 16.2. The molecule has 1 saturated heterocycles. The molecule has 1 aromatic carbocycles. The predicted molar refractivity (Wildman–Crippen MR) is 98.8 cm³/mol. The third kappa shape index (κ3) is 3.94. The number of hydrogen-bond acceptors (Lipinski definition) is 4. The van der Waals surface area contributed by atoms with Crippen LogP contribution in [0.25, 0.3) is 5.69 Å². The summed E-state index contributed by atoms with van der Waals surface area (Å²) in [5, 5.41) is 4.42. The van der Waals surface area contributed by atoms with Crippen LogP contribution in [-0.2, 0) is 11.3 Å². The Hall–Kier alpha value is -2.67. The average Bonchev–Trinajstić information content (AvgIpc) is 3.08. The van der Waals surface area contributed by atoms with Gasteiger partial charge in [0.2, 0.25) is 5.91 Å². The number of rotatable bonds is 5. The fraction of sp³-hybridized carbons (Fsp3) is 0.421. The van der Waals surface area contributed by atoms with Gasteiger partial charge in [-0.1, -0.05) is 12.1 Å². The zero-order valence-electron chi connectivity index (χ0n) is 15.3. The largest absolute Gasteiger partial charge is 0.369 e. The standard InChI is InChI=1S/C19H25N5O2/c1-22(2)12-14-11-21-24(13-14)17-6-4-3-5-16(17)19(26)23-9-7-15(8-10-23)18(20)25/h3-6,11,13,15H,7-10,12H2,1-2H3,(H2,20,25). The quantitative estimate of drug-likeness (QED) is 0.875. The SMILES string of the molecule is CN(C)Cc1cnn(-c2ccccc2C(=O)N2CCC(C(N)=O)CC2)c1. The monoisotopic (exact) mass is 355 g/mol. The lowest BCUT2D eigenvalue weighted by Crippen LogP contribution is -2.42. The maximum Gasteiger partial charge on any atom is 0.256 e. The van der Waals surface area contributed by atoms with Crippen LogP contribution in [0.15, 0.2) is 36.7 Å². The van der Waals surface area contributed by atoms with E-state index in [0.29, 0.717) is 31.5 Å². The van der Waals surface area contributed by atoms with Crippen molar-refractivity contribution in [3.05, 3.63) is 47.8 Å². The van der Waals surface area contributed by atoms with Gasteiger partial charge in [-0.3, -0.25) is 9.59 Å². The normalized spacial score (nSPS) is 15.4. The highest BCUT2D eigenvalue weighted by Crippen LogP contribution is 2.22. The van der Waals surface area contributed by atoms with Crippen LogP contribution in [0, 0.1) is 5.92 Å². The second-order valence-electron chi connectivity index (χ2n) is 7.02. The number of nitrogens with zero attached hydrogens (tertiary/aromatic N) is 4. The lowest BCUT2D eigenvalue weighted by atomic mass is 9.95. The van der Waals surface area contributed by atoms with Gasteiger partial charge in [0, 0.05) is 37.3 Å². The number of nitrogens with two attached hydrogens (primary N) is 1. The lowest BCUT2D eigenvalue weighted by Gasteiger charge is -2.31. The molecule has 1 aromatic heterocycles. The number of para-hydroxylation sites is 1. The first kappa shape index (κ1) is 18.1. The first-order valence-corrected chi connectivity index (χ1v) is 8.82. The van der Waals surface area contributed by atoms with E-state index in [0.717, 1.165) is 17.8 Å². The molecule has 2 aromatic rings. The summed E-state index contributed by atoms with van der Waals surface area (Å²) >= 11 is 0. The molecule has 2 N–H and O–H groups in total. The molecule has 0 saturated carbocycles. The topological polar surface area (TPSA) is 84.5 Å². The van der Waals surface area contributed by atoms with Crippen molar-refractivity contribution in [3.8, 4) is 5.69 Å².